The molecule has 146 valence electrons. The van der Waals surface area contributed by atoms with Crippen molar-refractivity contribution in [2.24, 2.45) is 0 Å². The van der Waals surface area contributed by atoms with E-state index in [1.807, 2.05) is 13.1 Å². The van der Waals surface area contributed by atoms with Crippen molar-refractivity contribution in [3.63, 3.8) is 0 Å². The van der Waals surface area contributed by atoms with Gasteiger partial charge >= 0.3 is 0 Å². The molecule has 1 amide bonds. The van der Waals surface area contributed by atoms with E-state index >= 15 is 0 Å². The van der Waals surface area contributed by atoms with Crippen LogP contribution in [0.3, 0.4) is 0 Å². The molecule has 2 saturated heterocycles. The number of hydrogen-bond donors (Lipinski definition) is 2. The maximum absolute atomic E-state index is 12.5. The Balaban J connectivity index is 0.00000243. The molecule has 5 nitrogen and oxygen atoms in total. The lowest BCUT2D eigenvalue weighted by Gasteiger charge is -2.38. The topological polar surface area (TPSA) is 53.6 Å². The number of likely N-dealkylation sites (N-methyl/N-ethyl adjacent to an activating group) is 1. The quantitative estimate of drug-likeness (QED) is 0.790. The second-order valence-electron chi connectivity index (χ2n) is 7.40. The maximum atomic E-state index is 12.5. The summed E-state index contributed by atoms with van der Waals surface area (Å²) in [5, 5.41) is 6.55. The molecule has 1 unspecified atom stereocenters. The number of nitrogens with zero attached hydrogens (tertiary/aromatic N) is 1. The molecule has 2 N–H and O–H groups in total. The lowest BCUT2D eigenvalue weighted by atomic mass is 9.74. The minimum absolute atomic E-state index is 0. The highest BCUT2D eigenvalue weighted by molar-refractivity contribution is 5.85. The van der Waals surface area contributed by atoms with Crippen LogP contribution in [0, 0.1) is 0 Å². The number of benzene rings is 1. The number of piperidine rings is 1. The van der Waals surface area contributed by atoms with Gasteiger partial charge in [0.1, 0.15) is 0 Å². The van der Waals surface area contributed by atoms with Gasteiger partial charge in [-0.3, -0.25) is 9.69 Å². The summed E-state index contributed by atoms with van der Waals surface area (Å²) in [6.07, 6.45) is 4.28. The summed E-state index contributed by atoms with van der Waals surface area (Å²) in [6, 6.07) is 11.1. The van der Waals surface area contributed by atoms with Crippen molar-refractivity contribution >= 4 is 18.3 Å². The van der Waals surface area contributed by atoms with Crippen molar-refractivity contribution in [2.75, 3.05) is 46.4 Å². The fourth-order valence-corrected chi connectivity index (χ4v) is 4.08. The number of ether oxygens (including phenoxy) is 1. The third-order valence-corrected chi connectivity index (χ3v) is 5.74. The molecule has 0 radical (unpaired) electrons. The molecule has 1 aromatic carbocycles. The van der Waals surface area contributed by atoms with Crippen LogP contribution in [-0.2, 0) is 14.9 Å². The van der Waals surface area contributed by atoms with Crippen LogP contribution in [0.25, 0.3) is 0 Å². The summed E-state index contributed by atoms with van der Waals surface area (Å²) in [5.41, 5.74) is 1.32. The number of hydrogen-bond acceptors (Lipinski definition) is 4. The van der Waals surface area contributed by atoms with E-state index in [0.717, 1.165) is 45.6 Å². The number of nitrogens with one attached hydrogen (secondary N) is 2. The van der Waals surface area contributed by atoms with E-state index in [-0.39, 0.29) is 23.7 Å². The highest BCUT2D eigenvalue weighted by Crippen LogP contribution is 2.34. The minimum atomic E-state index is 0. The van der Waals surface area contributed by atoms with Crippen molar-refractivity contribution in [3.8, 4) is 0 Å². The van der Waals surface area contributed by atoms with E-state index < -0.39 is 0 Å². The Labute approximate surface area is 163 Å². The predicted octanol–water partition coefficient (Wildman–Crippen LogP) is 1.96. The molecule has 2 aliphatic heterocycles. The number of halogens is 1. The van der Waals surface area contributed by atoms with Crippen molar-refractivity contribution < 1.29 is 9.53 Å². The van der Waals surface area contributed by atoms with Gasteiger partial charge in [0, 0.05) is 37.8 Å². The number of rotatable bonds is 6. The molecule has 0 saturated carbocycles. The summed E-state index contributed by atoms with van der Waals surface area (Å²) in [4.78, 5) is 14.8. The van der Waals surface area contributed by atoms with Crippen LogP contribution in [0.1, 0.15) is 31.2 Å². The highest BCUT2D eigenvalue weighted by Gasteiger charge is 2.34. The van der Waals surface area contributed by atoms with E-state index in [1.54, 1.807) is 0 Å². The number of likely N-dealkylation sites (tertiary alicyclic amines) is 1. The first-order valence-electron chi connectivity index (χ1n) is 9.51. The van der Waals surface area contributed by atoms with Gasteiger partial charge in [0.2, 0.25) is 5.91 Å². The van der Waals surface area contributed by atoms with Crippen LogP contribution in [0.2, 0.25) is 0 Å². The Morgan fingerprint density at radius 1 is 1.27 bits per heavy atom. The Hall–Kier alpha value is -1.14. The SMILES string of the molecule is CNC1CCCN(CC(=O)NCC2(c3ccccc3)CCOCC2)C1.Cl. The molecule has 6 heteroatoms. The lowest BCUT2D eigenvalue weighted by molar-refractivity contribution is -0.123. The van der Waals surface area contributed by atoms with Crippen molar-refractivity contribution in [2.45, 2.75) is 37.1 Å². The van der Waals surface area contributed by atoms with Crippen LogP contribution >= 0.6 is 12.4 Å². The van der Waals surface area contributed by atoms with Crippen molar-refractivity contribution in [1.82, 2.24) is 15.5 Å². The molecule has 0 aromatic heterocycles. The van der Waals surface area contributed by atoms with Crippen LogP contribution in [0.5, 0.6) is 0 Å². The third-order valence-electron chi connectivity index (χ3n) is 5.74. The largest absolute Gasteiger partial charge is 0.381 e. The molecule has 3 rings (SSSR count). The molecule has 2 fully saturated rings. The molecular weight excluding hydrogens is 350 g/mol. The van der Waals surface area contributed by atoms with Crippen LogP contribution < -0.4 is 10.6 Å². The lowest BCUT2D eigenvalue weighted by Crippen LogP contribution is -2.50. The molecular formula is C20H32ClN3O2. The second kappa shape index (κ2) is 10.3. The minimum Gasteiger partial charge on any atom is -0.381 e. The zero-order chi connectivity index (χ0) is 17.5. The predicted molar refractivity (Wildman–Crippen MR) is 107 cm³/mol. The number of carbonyl (C=O) groups excluding carboxylic acids is 1. The summed E-state index contributed by atoms with van der Waals surface area (Å²) in [7, 11) is 2.00. The fourth-order valence-electron chi connectivity index (χ4n) is 4.08. The molecule has 0 aliphatic carbocycles. The number of amides is 1. The van der Waals surface area contributed by atoms with Crippen LogP contribution in [0.4, 0.5) is 0 Å². The molecule has 0 spiro atoms. The zero-order valence-electron chi connectivity index (χ0n) is 15.7. The van der Waals surface area contributed by atoms with Gasteiger partial charge in [-0.2, -0.15) is 0 Å². The molecule has 1 aromatic rings. The first kappa shape index (κ1) is 21.2. The highest BCUT2D eigenvalue weighted by atomic mass is 35.5. The van der Waals surface area contributed by atoms with E-state index in [0.29, 0.717) is 19.1 Å². The van der Waals surface area contributed by atoms with E-state index in [2.05, 4.69) is 39.8 Å². The Morgan fingerprint density at radius 2 is 2.00 bits per heavy atom. The Bertz CT molecular complexity index is 549. The van der Waals surface area contributed by atoms with Crippen molar-refractivity contribution in [1.29, 1.82) is 0 Å². The van der Waals surface area contributed by atoms with Gasteiger partial charge in [-0.25, -0.2) is 0 Å². The first-order chi connectivity index (χ1) is 12.2. The van der Waals surface area contributed by atoms with Crippen molar-refractivity contribution in [3.05, 3.63) is 35.9 Å². The fraction of sp³-hybridized carbons (Fsp3) is 0.650. The standard InChI is InChI=1S/C20H31N3O2.ClH/c1-21-18-8-5-11-23(14-18)15-19(24)22-16-20(9-12-25-13-10-20)17-6-3-2-4-7-17;/h2-4,6-7,18,21H,5,8-16H2,1H3,(H,22,24);1H. The molecule has 1 atom stereocenters. The molecule has 0 bridgehead atoms. The summed E-state index contributed by atoms with van der Waals surface area (Å²) in [6.45, 7) is 4.70. The second-order valence-corrected chi connectivity index (χ2v) is 7.40. The van der Waals surface area contributed by atoms with Gasteiger partial charge in [-0.05, 0) is 44.8 Å². The molecule has 26 heavy (non-hydrogen) atoms. The van der Waals surface area contributed by atoms with Gasteiger partial charge in [-0.1, -0.05) is 30.3 Å². The Kier molecular flexibility index (Phi) is 8.35. The summed E-state index contributed by atoms with van der Waals surface area (Å²) < 4.78 is 5.57. The van der Waals surface area contributed by atoms with E-state index in [9.17, 15) is 4.79 Å². The van der Waals surface area contributed by atoms with Gasteiger partial charge in [0.15, 0.2) is 0 Å². The number of carbonyl (C=O) groups is 1. The van der Waals surface area contributed by atoms with Gasteiger partial charge in [-0.15, -0.1) is 12.4 Å². The maximum Gasteiger partial charge on any atom is 0.234 e. The zero-order valence-corrected chi connectivity index (χ0v) is 16.5. The van der Waals surface area contributed by atoms with Gasteiger partial charge in [0.05, 0.1) is 6.54 Å². The van der Waals surface area contributed by atoms with Gasteiger partial charge in [0.25, 0.3) is 0 Å². The Morgan fingerprint density at radius 3 is 2.69 bits per heavy atom. The van der Waals surface area contributed by atoms with E-state index in [1.165, 1.54) is 12.0 Å². The molecule has 2 heterocycles. The smallest absolute Gasteiger partial charge is 0.234 e. The normalized spacial score (nSPS) is 23.0. The van der Waals surface area contributed by atoms with Crippen LogP contribution in [0.15, 0.2) is 30.3 Å². The third kappa shape index (κ3) is 5.43. The van der Waals surface area contributed by atoms with Gasteiger partial charge < -0.3 is 15.4 Å². The average Bonchev–Trinajstić information content (AvgIpc) is 2.68. The van der Waals surface area contributed by atoms with E-state index in [4.69, 9.17) is 4.74 Å². The average molecular weight is 382 g/mol. The summed E-state index contributed by atoms with van der Waals surface area (Å²) in [5.74, 6) is 0.138. The molecule has 2 aliphatic rings. The summed E-state index contributed by atoms with van der Waals surface area (Å²) >= 11 is 0. The first-order valence-corrected chi connectivity index (χ1v) is 9.51. The van der Waals surface area contributed by atoms with Crippen LogP contribution in [-0.4, -0.2) is 63.3 Å². The monoisotopic (exact) mass is 381 g/mol.